The molecule has 0 radical (unpaired) electrons. The van der Waals surface area contributed by atoms with Crippen molar-refractivity contribution in [1.82, 2.24) is 20.3 Å². The highest BCUT2D eigenvalue weighted by molar-refractivity contribution is 9.10. The minimum atomic E-state index is -0.409. The largest absolute Gasteiger partial charge is 0.382 e. The molecule has 0 saturated heterocycles. The number of nitrogen functional groups attached to an aromatic ring is 1. The zero-order valence-electron chi connectivity index (χ0n) is 12.4. The molecule has 122 valence electrons. The number of amides is 1. The first kappa shape index (κ1) is 16.5. The number of carbonyl (C=O) groups is 1. The molecule has 3 rings (SSSR count). The minimum Gasteiger partial charge on any atom is -0.382 e. The Balaban J connectivity index is 1.78. The molecule has 0 saturated carbocycles. The molecule has 0 spiro atoms. The van der Waals surface area contributed by atoms with E-state index in [1.165, 1.54) is 4.68 Å². The van der Waals surface area contributed by atoms with E-state index in [4.69, 9.17) is 17.3 Å². The maximum Gasteiger partial charge on any atom is 0.275 e. The molecular formula is C16H13BrClN5O. The zero-order chi connectivity index (χ0) is 17.1. The van der Waals surface area contributed by atoms with Crippen LogP contribution in [0.15, 0.2) is 53.0 Å². The molecule has 1 amide bonds. The Hall–Kier alpha value is -2.38. The molecule has 0 unspecified atom stereocenters. The van der Waals surface area contributed by atoms with Crippen molar-refractivity contribution in [2.45, 2.75) is 6.54 Å². The Morgan fingerprint density at radius 3 is 2.79 bits per heavy atom. The van der Waals surface area contributed by atoms with Gasteiger partial charge in [0.2, 0.25) is 0 Å². The number of halogens is 2. The monoisotopic (exact) mass is 405 g/mol. The van der Waals surface area contributed by atoms with Crippen molar-refractivity contribution in [3.63, 3.8) is 0 Å². The lowest BCUT2D eigenvalue weighted by molar-refractivity contribution is 0.0947. The van der Waals surface area contributed by atoms with Crippen LogP contribution in [0, 0.1) is 0 Å². The van der Waals surface area contributed by atoms with Gasteiger partial charge in [0.25, 0.3) is 5.91 Å². The number of nitrogens with one attached hydrogen (secondary N) is 1. The topological polar surface area (TPSA) is 85.8 Å². The lowest BCUT2D eigenvalue weighted by Crippen LogP contribution is -2.24. The first-order valence-corrected chi connectivity index (χ1v) is 8.22. The third-order valence-electron chi connectivity index (χ3n) is 3.37. The number of nitrogens with two attached hydrogens (primary N) is 1. The number of anilines is 1. The van der Waals surface area contributed by atoms with Crippen LogP contribution in [0.5, 0.6) is 0 Å². The number of hydrogen-bond donors (Lipinski definition) is 2. The minimum absolute atomic E-state index is 0.0713. The quantitative estimate of drug-likeness (QED) is 0.697. The number of hydrogen-bond acceptors (Lipinski definition) is 4. The Morgan fingerprint density at radius 2 is 2.04 bits per heavy atom. The van der Waals surface area contributed by atoms with Gasteiger partial charge in [-0.15, -0.1) is 5.10 Å². The Kier molecular flexibility index (Phi) is 4.82. The molecule has 1 aromatic heterocycles. The van der Waals surface area contributed by atoms with E-state index in [1.807, 2.05) is 42.5 Å². The van der Waals surface area contributed by atoms with Crippen LogP contribution in [-0.4, -0.2) is 20.9 Å². The van der Waals surface area contributed by atoms with Crippen LogP contribution in [-0.2, 0) is 6.54 Å². The molecular weight excluding hydrogens is 394 g/mol. The van der Waals surface area contributed by atoms with Gasteiger partial charge in [0.15, 0.2) is 11.5 Å². The van der Waals surface area contributed by atoms with Crippen molar-refractivity contribution in [3.8, 4) is 5.69 Å². The van der Waals surface area contributed by atoms with Gasteiger partial charge in [0.1, 0.15) is 0 Å². The van der Waals surface area contributed by atoms with Crippen LogP contribution >= 0.6 is 27.5 Å². The summed E-state index contributed by atoms with van der Waals surface area (Å²) in [5.74, 6) is -0.238. The van der Waals surface area contributed by atoms with Crippen LogP contribution < -0.4 is 11.1 Å². The summed E-state index contributed by atoms with van der Waals surface area (Å²) in [5.41, 5.74) is 7.61. The third kappa shape index (κ3) is 3.42. The molecule has 0 fully saturated rings. The van der Waals surface area contributed by atoms with E-state index in [0.717, 1.165) is 10.0 Å². The van der Waals surface area contributed by atoms with Gasteiger partial charge in [0.05, 0.1) is 5.69 Å². The van der Waals surface area contributed by atoms with E-state index in [1.54, 1.807) is 6.07 Å². The summed E-state index contributed by atoms with van der Waals surface area (Å²) in [6, 6.07) is 14.7. The van der Waals surface area contributed by atoms with Crippen molar-refractivity contribution in [2.75, 3.05) is 5.73 Å². The summed E-state index contributed by atoms with van der Waals surface area (Å²) in [5, 5.41) is 11.2. The maximum atomic E-state index is 12.3. The fourth-order valence-corrected chi connectivity index (χ4v) is 2.74. The second kappa shape index (κ2) is 7.02. The summed E-state index contributed by atoms with van der Waals surface area (Å²) < 4.78 is 2.29. The molecule has 6 nitrogen and oxygen atoms in total. The molecule has 1 heterocycles. The standard InChI is InChI=1S/C16H13BrClN5O/c17-11-5-3-6-12(8-11)23-15(19)14(21-22-23)16(24)20-9-10-4-1-2-7-13(10)18/h1-8H,9,19H2,(H,20,24). The van der Waals surface area contributed by atoms with Crippen molar-refractivity contribution in [1.29, 1.82) is 0 Å². The van der Waals surface area contributed by atoms with E-state index in [2.05, 4.69) is 31.6 Å². The number of nitrogens with zero attached hydrogens (tertiary/aromatic N) is 3. The number of aromatic nitrogens is 3. The van der Waals surface area contributed by atoms with Gasteiger partial charge in [-0.2, -0.15) is 4.68 Å². The van der Waals surface area contributed by atoms with Crippen molar-refractivity contribution in [3.05, 3.63) is 69.3 Å². The van der Waals surface area contributed by atoms with E-state index >= 15 is 0 Å². The summed E-state index contributed by atoms with van der Waals surface area (Å²) in [6.07, 6.45) is 0. The van der Waals surface area contributed by atoms with Crippen LogP contribution in [0.3, 0.4) is 0 Å². The normalized spacial score (nSPS) is 10.6. The highest BCUT2D eigenvalue weighted by Gasteiger charge is 2.18. The summed E-state index contributed by atoms with van der Waals surface area (Å²) in [4.78, 5) is 12.3. The molecule has 0 atom stereocenters. The van der Waals surface area contributed by atoms with Crippen molar-refractivity contribution >= 4 is 39.3 Å². The predicted molar refractivity (Wildman–Crippen MR) is 96.1 cm³/mol. The van der Waals surface area contributed by atoms with E-state index in [0.29, 0.717) is 10.7 Å². The van der Waals surface area contributed by atoms with Gasteiger partial charge in [-0.25, -0.2) is 0 Å². The van der Waals surface area contributed by atoms with Gasteiger partial charge in [0, 0.05) is 16.0 Å². The molecule has 24 heavy (non-hydrogen) atoms. The Bertz CT molecular complexity index is 896. The van der Waals surface area contributed by atoms with Crippen LogP contribution in [0.25, 0.3) is 5.69 Å². The Morgan fingerprint density at radius 1 is 1.25 bits per heavy atom. The van der Waals surface area contributed by atoms with E-state index in [-0.39, 0.29) is 18.1 Å². The highest BCUT2D eigenvalue weighted by atomic mass is 79.9. The van der Waals surface area contributed by atoms with Crippen LogP contribution in [0.1, 0.15) is 16.1 Å². The third-order valence-corrected chi connectivity index (χ3v) is 4.23. The second-order valence-corrected chi connectivity index (χ2v) is 6.31. The van der Waals surface area contributed by atoms with Crippen molar-refractivity contribution < 1.29 is 4.79 Å². The second-order valence-electron chi connectivity index (χ2n) is 4.99. The van der Waals surface area contributed by atoms with Gasteiger partial charge in [-0.3, -0.25) is 4.79 Å². The molecule has 0 aliphatic carbocycles. The molecule has 0 bridgehead atoms. The predicted octanol–water partition coefficient (Wildman–Crippen LogP) is 3.20. The number of benzene rings is 2. The fraction of sp³-hybridized carbons (Fsp3) is 0.0625. The average molecular weight is 407 g/mol. The van der Waals surface area contributed by atoms with Gasteiger partial charge >= 0.3 is 0 Å². The first-order chi connectivity index (χ1) is 11.6. The summed E-state index contributed by atoms with van der Waals surface area (Å²) in [7, 11) is 0. The van der Waals surface area contributed by atoms with Crippen molar-refractivity contribution in [2.24, 2.45) is 0 Å². The smallest absolute Gasteiger partial charge is 0.275 e. The average Bonchev–Trinajstić information content (AvgIpc) is 2.95. The molecule has 0 aliphatic heterocycles. The molecule has 8 heteroatoms. The summed E-state index contributed by atoms with van der Waals surface area (Å²) >= 11 is 9.45. The van der Waals surface area contributed by atoms with E-state index in [9.17, 15) is 4.79 Å². The lowest BCUT2D eigenvalue weighted by atomic mass is 10.2. The maximum absolute atomic E-state index is 12.3. The Labute approximate surface area is 151 Å². The van der Waals surface area contributed by atoms with Gasteiger partial charge in [-0.05, 0) is 29.8 Å². The number of rotatable bonds is 4. The number of carbonyl (C=O) groups excluding carboxylic acids is 1. The highest BCUT2D eigenvalue weighted by Crippen LogP contribution is 2.19. The molecule has 2 aromatic carbocycles. The van der Waals surface area contributed by atoms with E-state index < -0.39 is 5.91 Å². The lowest BCUT2D eigenvalue weighted by Gasteiger charge is -2.06. The van der Waals surface area contributed by atoms with Gasteiger partial charge in [-0.1, -0.05) is 57.0 Å². The first-order valence-electron chi connectivity index (χ1n) is 7.05. The summed E-state index contributed by atoms with van der Waals surface area (Å²) in [6.45, 7) is 0.279. The zero-order valence-corrected chi connectivity index (χ0v) is 14.8. The fourth-order valence-electron chi connectivity index (χ4n) is 2.15. The molecule has 3 aromatic rings. The SMILES string of the molecule is Nc1c(C(=O)NCc2ccccc2Cl)nnn1-c1cccc(Br)c1. The molecule has 0 aliphatic rings. The van der Waals surface area contributed by atoms with Gasteiger partial charge < -0.3 is 11.1 Å². The van der Waals surface area contributed by atoms with Crippen LogP contribution in [0.4, 0.5) is 5.82 Å². The molecule has 3 N–H and O–H groups in total. The van der Waals surface area contributed by atoms with Crippen LogP contribution in [0.2, 0.25) is 5.02 Å².